The minimum absolute atomic E-state index is 0.274. The highest BCUT2D eigenvalue weighted by atomic mass is 16.3. The van der Waals surface area contributed by atoms with E-state index in [2.05, 4.69) is 0 Å². The third-order valence-electron chi connectivity index (χ3n) is 3.08. The van der Waals surface area contributed by atoms with E-state index >= 15 is 0 Å². The van der Waals surface area contributed by atoms with Crippen LogP contribution in [0.25, 0.3) is 11.6 Å². The van der Waals surface area contributed by atoms with Crippen LogP contribution in [0.4, 0.5) is 0 Å². The summed E-state index contributed by atoms with van der Waals surface area (Å²) in [5.41, 5.74) is 2.22. The molecule has 2 N–H and O–H groups in total. The maximum Gasteiger partial charge on any atom is 0.116 e. The second-order valence-electron chi connectivity index (χ2n) is 4.21. The molecule has 1 aromatic rings. The van der Waals surface area contributed by atoms with Gasteiger partial charge in [-0.15, -0.1) is 0 Å². The second kappa shape index (κ2) is 3.67. The van der Waals surface area contributed by atoms with Crippen molar-refractivity contribution >= 4 is 11.6 Å². The SMILES string of the molecule is OC1=CCC2=c3ccc(O)cc3=CC=CC2=C1. The number of aliphatic hydroxyl groups excluding tert-OH is 1. The molecule has 0 atom stereocenters. The first-order valence-electron chi connectivity index (χ1n) is 5.56. The number of fused-ring (bicyclic) bond motifs is 2. The molecule has 0 bridgehead atoms. The number of aliphatic hydroxyl groups is 1. The van der Waals surface area contributed by atoms with Crippen LogP contribution in [0.5, 0.6) is 5.75 Å². The summed E-state index contributed by atoms with van der Waals surface area (Å²) in [5.74, 6) is 0.589. The molecule has 0 unspecified atom stereocenters. The highest BCUT2D eigenvalue weighted by Crippen LogP contribution is 2.24. The Morgan fingerprint density at radius 2 is 2.00 bits per heavy atom. The molecule has 0 amide bonds. The van der Waals surface area contributed by atoms with Gasteiger partial charge in [-0.25, -0.2) is 0 Å². The van der Waals surface area contributed by atoms with Gasteiger partial charge in [0.25, 0.3) is 0 Å². The molecule has 0 spiro atoms. The van der Waals surface area contributed by atoms with E-state index in [-0.39, 0.29) is 5.75 Å². The maximum absolute atomic E-state index is 9.52. The van der Waals surface area contributed by atoms with E-state index in [4.69, 9.17) is 0 Å². The zero-order valence-corrected chi connectivity index (χ0v) is 9.22. The van der Waals surface area contributed by atoms with Crippen molar-refractivity contribution in [1.29, 1.82) is 0 Å². The van der Waals surface area contributed by atoms with Crippen LogP contribution in [0.15, 0.2) is 53.8 Å². The van der Waals surface area contributed by atoms with Gasteiger partial charge in [0.1, 0.15) is 11.5 Å². The van der Waals surface area contributed by atoms with Gasteiger partial charge in [-0.1, -0.05) is 24.3 Å². The summed E-state index contributed by atoms with van der Waals surface area (Å²) in [6.07, 6.45) is 10.2. The molecule has 84 valence electrons. The minimum Gasteiger partial charge on any atom is -0.508 e. The molecule has 2 nitrogen and oxygen atoms in total. The van der Waals surface area contributed by atoms with E-state index in [9.17, 15) is 10.2 Å². The number of hydrogen-bond acceptors (Lipinski definition) is 2. The van der Waals surface area contributed by atoms with Crippen LogP contribution in [-0.2, 0) is 0 Å². The van der Waals surface area contributed by atoms with Crippen molar-refractivity contribution < 1.29 is 10.2 Å². The molecule has 0 fully saturated rings. The summed E-state index contributed by atoms with van der Waals surface area (Å²) in [7, 11) is 0. The van der Waals surface area contributed by atoms with Crippen LogP contribution in [0.1, 0.15) is 6.42 Å². The van der Waals surface area contributed by atoms with Crippen LogP contribution >= 0.6 is 0 Å². The Kier molecular flexibility index (Phi) is 2.15. The van der Waals surface area contributed by atoms with Crippen molar-refractivity contribution in [3.8, 4) is 5.75 Å². The summed E-state index contributed by atoms with van der Waals surface area (Å²) in [6, 6.07) is 5.38. The molecule has 0 saturated carbocycles. The second-order valence-corrected chi connectivity index (χ2v) is 4.21. The van der Waals surface area contributed by atoms with Crippen molar-refractivity contribution in [2.75, 3.05) is 0 Å². The quantitative estimate of drug-likeness (QED) is 0.703. The Morgan fingerprint density at radius 3 is 2.88 bits per heavy atom. The van der Waals surface area contributed by atoms with Gasteiger partial charge in [0.05, 0.1) is 0 Å². The molecular weight excluding hydrogens is 212 g/mol. The molecule has 17 heavy (non-hydrogen) atoms. The van der Waals surface area contributed by atoms with E-state index in [1.165, 1.54) is 5.57 Å². The number of phenolic OH excluding ortho intramolecular Hbond substituents is 1. The molecule has 2 aliphatic carbocycles. The lowest BCUT2D eigenvalue weighted by Crippen LogP contribution is -2.26. The predicted octanol–water partition coefficient (Wildman–Crippen LogP) is 1.67. The van der Waals surface area contributed by atoms with Crippen LogP contribution in [0.2, 0.25) is 0 Å². The van der Waals surface area contributed by atoms with Crippen LogP contribution < -0.4 is 10.4 Å². The van der Waals surface area contributed by atoms with Gasteiger partial charge in [-0.3, -0.25) is 0 Å². The van der Waals surface area contributed by atoms with Crippen LogP contribution in [0, 0.1) is 0 Å². The lowest BCUT2D eigenvalue weighted by Gasteiger charge is -2.11. The first-order valence-corrected chi connectivity index (χ1v) is 5.56. The normalized spacial score (nSPS) is 17.3. The fraction of sp³-hybridized carbons (Fsp3) is 0.0667. The summed E-state index contributed by atoms with van der Waals surface area (Å²) in [4.78, 5) is 0. The van der Waals surface area contributed by atoms with Crippen molar-refractivity contribution in [2.45, 2.75) is 6.42 Å². The van der Waals surface area contributed by atoms with Crippen molar-refractivity contribution in [2.24, 2.45) is 0 Å². The summed E-state index contributed by atoms with van der Waals surface area (Å²) < 4.78 is 0. The first kappa shape index (κ1) is 9.97. The number of allylic oxidation sites excluding steroid dienone is 5. The van der Waals surface area contributed by atoms with Gasteiger partial charge in [0.2, 0.25) is 0 Å². The van der Waals surface area contributed by atoms with Crippen LogP contribution in [0.3, 0.4) is 0 Å². The van der Waals surface area contributed by atoms with Gasteiger partial charge in [0.15, 0.2) is 0 Å². The summed E-state index contributed by atoms with van der Waals surface area (Å²) in [6.45, 7) is 0. The van der Waals surface area contributed by atoms with E-state index in [1.54, 1.807) is 24.3 Å². The number of aromatic hydroxyl groups is 1. The molecule has 0 aliphatic heterocycles. The Bertz CT molecular complexity index is 688. The Hall–Kier alpha value is -2.22. The molecule has 0 aromatic heterocycles. The number of hydrogen-bond donors (Lipinski definition) is 2. The Balaban J connectivity index is 2.38. The molecule has 1 aromatic carbocycles. The molecule has 0 radical (unpaired) electrons. The lowest BCUT2D eigenvalue weighted by molar-refractivity contribution is 0.429. The van der Waals surface area contributed by atoms with E-state index < -0.39 is 0 Å². The van der Waals surface area contributed by atoms with Gasteiger partial charge >= 0.3 is 0 Å². The predicted molar refractivity (Wildman–Crippen MR) is 67.8 cm³/mol. The molecule has 0 heterocycles. The monoisotopic (exact) mass is 224 g/mol. The highest BCUT2D eigenvalue weighted by molar-refractivity contribution is 5.75. The van der Waals surface area contributed by atoms with Crippen molar-refractivity contribution in [1.82, 2.24) is 0 Å². The zero-order chi connectivity index (χ0) is 11.8. The standard InChI is InChI=1S/C15H12O2/c16-12-4-6-14-10(8-12)2-1-3-11-9-13(17)5-7-15(11)14/h1-6,8-9,16-17H,7H2. The molecule has 0 saturated heterocycles. The van der Waals surface area contributed by atoms with E-state index in [0.717, 1.165) is 16.0 Å². The lowest BCUT2D eigenvalue weighted by atomic mass is 9.95. The number of phenols is 1. The molecular formula is C15H12O2. The fourth-order valence-corrected chi connectivity index (χ4v) is 2.26. The third-order valence-corrected chi connectivity index (χ3v) is 3.08. The van der Waals surface area contributed by atoms with Gasteiger partial charge in [-0.2, -0.15) is 0 Å². The average molecular weight is 224 g/mol. The molecule has 2 aliphatic rings. The van der Waals surface area contributed by atoms with E-state index in [1.807, 2.05) is 24.3 Å². The van der Waals surface area contributed by atoms with Gasteiger partial charge in [0, 0.05) is 0 Å². The molecule has 3 rings (SSSR count). The van der Waals surface area contributed by atoms with Gasteiger partial charge in [-0.05, 0) is 52.3 Å². The average Bonchev–Trinajstić information content (AvgIpc) is 2.47. The minimum atomic E-state index is 0.274. The van der Waals surface area contributed by atoms with Crippen LogP contribution in [-0.4, -0.2) is 10.2 Å². The summed E-state index contributed by atoms with van der Waals surface area (Å²) >= 11 is 0. The largest absolute Gasteiger partial charge is 0.508 e. The molecule has 2 heteroatoms. The Labute approximate surface area is 98.8 Å². The van der Waals surface area contributed by atoms with Gasteiger partial charge < -0.3 is 10.2 Å². The zero-order valence-electron chi connectivity index (χ0n) is 9.22. The number of rotatable bonds is 0. The van der Waals surface area contributed by atoms with E-state index in [0.29, 0.717) is 12.2 Å². The smallest absolute Gasteiger partial charge is 0.116 e. The topological polar surface area (TPSA) is 40.5 Å². The third kappa shape index (κ3) is 1.68. The van der Waals surface area contributed by atoms with Crippen molar-refractivity contribution in [3.63, 3.8) is 0 Å². The first-order chi connectivity index (χ1) is 8.24. The summed E-state index contributed by atoms with van der Waals surface area (Å²) in [5, 5.41) is 21.1. The fourth-order valence-electron chi connectivity index (χ4n) is 2.26. The highest BCUT2D eigenvalue weighted by Gasteiger charge is 2.10. The maximum atomic E-state index is 9.52. The Morgan fingerprint density at radius 1 is 1.12 bits per heavy atom. The van der Waals surface area contributed by atoms with Crippen molar-refractivity contribution in [3.05, 3.63) is 64.3 Å². The number of benzene rings is 1.